The fraction of sp³-hybridized carbons (Fsp3) is 0.947. The lowest BCUT2D eigenvalue weighted by atomic mass is 10.0. The Kier molecular flexibility index (Phi) is 12.1. The first-order chi connectivity index (χ1) is 12.1. The summed E-state index contributed by atoms with van der Waals surface area (Å²) in [6.07, 6.45) is 2.34. The van der Waals surface area contributed by atoms with Crippen molar-refractivity contribution >= 4 is 29.9 Å². The molecular weight excluding hydrogens is 443 g/mol. The van der Waals surface area contributed by atoms with Gasteiger partial charge < -0.3 is 19.7 Å². The van der Waals surface area contributed by atoms with Crippen molar-refractivity contribution in [2.24, 2.45) is 16.8 Å². The molecule has 0 aromatic heterocycles. The van der Waals surface area contributed by atoms with Crippen molar-refractivity contribution in [3.8, 4) is 0 Å². The average molecular weight is 482 g/mol. The maximum absolute atomic E-state index is 5.52. The molecule has 6 nitrogen and oxygen atoms in total. The van der Waals surface area contributed by atoms with Gasteiger partial charge in [0.15, 0.2) is 5.96 Å². The van der Waals surface area contributed by atoms with Crippen LogP contribution in [0.25, 0.3) is 0 Å². The standard InChI is InChI=1S/C19H38N4O2.HI/c1-5-20-19(22(4)14-17-6-9-25-15-17)21-13-18(12-16(2)3)23-7-10-24-11-8-23;/h16-18H,5-15H2,1-4H3,(H,20,21);1H. The minimum atomic E-state index is 0. The molecule has 2 fully saturated rings. The maximum Gasteiger partial charge on any atom is 0.193 e. The minimum Gasteiger partial charge on any atom is -0.381 e. The Morgan fingerprint density at radius 1 is 1.23 bits per heavy atom. The quantitative estimate of drug-likeness (QED) is 0.327. The van der Waals surface area contributed by atoms with Crippen LogP contribution in [0.2, 0.25) is 0 Å². The number of guanidine groups is 1. The van der Waals surface area contributed by atoms with E-state index in [0.717, 1.165) is 71.5 Å². The third kappa shape index (κ3) is 8.27. The van der Waals surface area contributed by atoms with Crippen LogP contribution in [0, 0.1) is 11.8 Å². The van der Waals surface area contributed by atoms with Gasteiger partial charge in [-0.25, -0.2) is 0 Å². The van der Waals surface area contributed by atoms with E-state index >= 15 is 0 Å². The van der Waals surface area contributed by atoms with Gasteiger partial charge in [-0.1, -0.05) is 13.8 Å². The summed E-state index contributed by atoms with van der Waals surface area (Å²) in [5, 5.41) is 3.46. The van der Waals surface area contributed by atoms with Gasteiger partial charge in [-0.3, -0.25) is 9.89 Å². The zero-order valence-corrected chi connectivity index (χ0v) is 19.4. The molecule has 0 saturated carbocycles. The smallest absolute Gasteiger partial charge is 0.193 e. The third-order valence-corrected chi connectivity index (χ3v) is 5.01. The highest BCUT2D eigenvalue weighted by atomic mass is 127. The molecule has 0 aliphatic carbocycles. The summed E-state index contributed by atoms with van der Waals surface area (Å²) < 4.78 is 11.0. The van der Waals surface area contributed by atoms with Crippen LogP contribution >= 0.6 is 24.0 Å². The first-order valence-corrected chi connectivity index (χ1v) is 9.99. The van der Waals surface area contributed by atoms with Gasteiger partial charge in [-0.2, -0.15) is 0 Å². The SMILES string of the molecule is CCNC(=NCC(CC(C)C)N1CCOCC1)N(C)CC1CCOC1.I. The Morgan fingerprint density at radius 2 is 1.96 bits per heavy atom. The maximum atomic E-state index is 5.52. The topological polar surface area (TPSA) is 49.3 Å². The Bertz CT molecular complexity index is 397. The van der Waals surface area contributed by atoms with Crippen molar-refractivity contribution < 1.29 is 9.47 Å². The number of rotatable bonds is 8. The van der Waals surface area contributed by atoms with E-state index in [2.05, 4.69) is 42.9 Å². The van der Waals surface area contributed by atoms with Gasteiger partial charge in [0.1, 0.15) is 0 Å². The van der Waals surface area contributed by atoms with Crippen molar-refractivity contribution in [3.63, 3.8) is 0 Å². The number of hydrogen-bond donors (Lipinski definition) is 1. The van der Waals surface area contributed by atoms with Gasteiger partial charge in [0.2, 0.25) is 0 Å². The molecule has 0 bridgehead atoms. The second kappa shape index (κ2) is 13.1. The lowest BCUT2D eigenvalue weighted by Crippen LogP contribution is -2.47. The van der Waals surface area contributed by atoms with E-state index < -0.39 is 0 Å². The number of nitrogens with one attached hydrogen (secondary N) is 1. The van der Waals surface area contributed by atoms with E-state index in [-0.39, 0.29) is 24.0 Å². The monoisotopic (exact) mass is 482 g/mol. The molecule has 26 heavy (non-hydrogen) atoms. The number of aliphatic imine (C=N–C) groups is 1. The highest BCUT2D eigenvalue weighted by molar-refractivity contribution is 14.0. The van der Waals surface area contributed by atoms with Gasteiger partial charge in [0.05, 0.1) is 26.4 Å². The summed E-state index contributed by atoms with van der Waals surface area (Å²) in [6.45, 7) is 15.0. The van der Waals surface area contributed by atoms with Crippen LogP contribution < -0.4 is 5.32 Å². The lowest BCUT2D eigenvalue weighted by molar-refractivity contribution is 0.0142. The summed E-state index contributed by atoms with van der Waals surface area (Å²) in [7, 11) is 2.14. The third-order valence-electron chi connectivity index (χ3n) is 5.01. The Balaban J connectivity index is 0.00000338. The van der Waals surface area contributed by atoms with E-state index in [1.165, 1.54) is 6.42 Å². The van der Waals surface area contributed by atoms with Crippen molar-refractivity contribution in [2.75, 3.05) is 66.2 Å². The molecular formula is C19H39IN4O2. The average Bonchev–Trinajstić information content (AvgIpc) is 3.10. The molecule has 2 heterocycles. The molecule has 0 radical (unpaired) electrons. The Hall–Kier alpha value is -0.120. The van der Waals surface area contributed by atoms with Crippen molar-refractivity contribution in [3.05, 3.63) is 0 Å². The molecule has 0 amide bonds. The number of morpholine rings is 1. The van der Waals surface area contributed by atoms with Gasteiger partial charge in [-0.05, 0) is 25.7 Å². The lowest BCUT2D eigenvalue weighted by Gasteiger charge is -2.35. The van der Waals surface area contributed by atoms with Crippen LogP contribution in [0.1, 0.15) is 33.6 Å². The van der Waals surface area contributed by atoms with E-state index in [4.69, 9.17) is 14.5 Å². The highest BCUT2D eigenvalue weighted by Crippen LogP contribution is 2.15. The molecule has 2 saturated heterocycles. The molecule has 7 heteroatoms. The number of nitrogens with zero attached hydrogens (tertiary/aromatic N) is 3. The van der Waals surface area contributed by atoms with Crippen LogP contribution in [0.5, 0.6) is 0 Å². The van der Waals surface area contributed by atoms with Crippen molar-refractivity contribution in [1.82, 2.24) is 15.1 Å². The Labute approximate surface area is 177 Å². The first-order valence-electron chi connectivity index (χ1n) is 9.99. The van der Waals surface area contributed by atoms with E-state index in [1.54, 1.807) is 0 Å². The van der Waals surface area contributed by atoms with Crippen LogP contribution in [0.15, 0.2) is 4.99 Å². The predicted octanol–water partition coefficient (Wildman–Crippen LogP) is 2.29. The predicted molar refractivity (Wildman–Crippen MR) is 119 cm³/mol. The number of halogens is 1. The molecule has 2 rings (SSSR count). The zero-order chi connectivity index (χ0) is 18.1. The molecule has 2 aliphatic rings. The second-order valence-electron chi connectivity index (χ2n) is 7.74. The normalized spacial score (nSPS) is 23.0. The zero-order valence-electron chi connectivity index (χ0n) is 17.1. The van der Waals surface area contributed by atoms with E-state index in [0.29, 0.717) is 17.9 Å². The van der Waals surface area contributed by atoms with Gasteiger partial charge >= 0.3 is 0 Å². The number of hydrogen-bond acceptors (Lipinski definition) is 4. The molecule has 154 valence electrons. The largest absolute Gasteiger partial charge is 0.381 e. The first kappa shape index (κ1) is 23.9. The van der Waals surface area contributed by atoms with E-state index in [1.807, 2.05) is 0 Å². The molecule has 0 spiro atoms. The van der Waals surface area contributed by atoms with Crippen molar-refractivity contribution in [1.29, 1.82) is 0 Å². The van der Waals surface area contributed by atoms with Crippen LogP contribution in [0.4, 0.5) is 0 Å². The summed E-state index contributed by atoms with van der Waals surface area (Å²) in [4.78, 5) is 9.82. The number of ether oxygens (including phenoxy) is 2. The fourth-order valence-electron chi connectivity index (χ4n) is 3.69. The van der Waals surface area contributed by atoms with Crippen molar-refractivity contribution in [2.45, 2.75) is 39.7 Å². The van der Waals surface area contributed by atoms with Crippen LogP contribution in [-0.4, -0.2) is 88.0 Å². The second-order valence-corrected chi connectivity index (χ2v) is 7.74. The van der Waals surface area contributed by atoms with Crippen LogP contribution in [-0.2, 0) is 9.47 Å². The van der Waals surface area contributed by atoms with Gasteiger partial charge in [-0.15, -0.1) is 24.0 Å². The molecule has 0 aromatic carbocycles. The molecule has 2 unspecified atom stereocenters. The summed E-state index contributed by atoms with van der Waals surface area (Å²) >= 11 is 0. The summed E-state index contributed by atoms with van der Waals surface area (Å²) in [5.41, 5.74) is 0. The summed E-state index contributed by atoms with van der Waals surface area (Å²) in [5.74, 6) is 2.33. The fourth-order valence-corrected chi connectivity index (χ4v) is 3.69. The van der Waals surface area contributed by atoms with Gasteiger partial charge in [0.25, 0.3) is 0 Å². The summed E-state index contributed by atoms with van der Waals surface area (Å²) in [6, 6.07) is 0.501. The molecule has 2 atom stereocenters. The highest BCUT2D eigenvalue weighted by Gasteiger charge is 2.23. The molecule has 1 N–H and O–H groups in total. The molecule has 0 aromatic rings. The Morgan fingerprint density at radius 3 is 2.54 bits per heavy atom. The van der Waals surface area contributed by atoms with Gasteiger partial charge in [0, 0.05) is 51.8 Å². The molecule has 2 aliphatic heterocycles. The van der Waals surface area contributed by atoms with E-state index in [9.17, 15) is 0 Å². The van der Waals surface area contributed by atoms with Crippen LogP contribution in [0.3, 0.4) is 0 Å². The minimum absolute atomic E-state index is 0.